The normalized spacial score (nSPS) is 11.5. The van der Waals surface area contributed by atoms with Crippen LogP contribution in [-0.2, 0) is 32.4 Å². The van der Waals surface area contributed by atoms with Crippen molar-refractivity contribution in [2.75, 3.05) is 0 Å². The summed E-state index contributed by atoms with van der Waals surface area (Å²) in [5, 5.41) is 0. The molecule has 0 atom stereocenters. The third kappa shape index (κ3) is 11.5. The van der Waals surface area contributed by atoms with Gasteiger partial charge in [-0.2, -0.15) is 0 Å². The van der Waals surface area contributed by atoms with Crippen molar-refractivity contribution >= 4 is 11.9 Å². The molecular weight excluding hydrogens is 468 g/mol. The van der Waals surface area contributed by atoms with Gasteiger partial charge in [0.05, 0.1) is 11.1 Å². The third-order valence-corrected chi connectivity index (χ3v) is 5.96. The number of rotatable bonds is 17. The summed E-state index contributed by atoms with van der Waals surface area (Å²) in [7, 11) is 0. The Morgan fingerprint density at radius 3 is 1.32 bits per heavy atom. The Morgan fingerprint density at radius 1 is 0.622 bits per heavy atom. The molecule has 6 heteroatoms. The van der Waals surface area contributed by atoms with Crippen LogP contribution in [0.2, 0.25) is 0 Å². The molecule has 0 saturated carbocycles. The fraction of sp³-hybridized carbons (Fsp3) is 0.484. The number of aryl methyl sites for hydroxylation is 2. The van der Waals surface area contributed by atoms with Crippen molar-refractivity contribution in [3.63, 3.8) is 0 Å². The molecule has 0 heterocycles. The molecule has 202 valence electrons. The predicted molar refractivity (Wildman–Crippen MR) is 144 cm³/mol. The summed E-state index contributed by atoms with van der Waals surface area (Å²) >= 11 is 0. The van der Waals surface area contributed by atoms with Crippen molar-refractivity contribution in [1.82, 2.24) is 0 Å². The lowest BCUT2D eigenvalue weighted by molar-refractivity contribution is -0.378. The van der Waals surface area contributed by atoms with Crippen LogP contribution < -0.4 is 0 Å². The maximum atomic E-state index is 12.4. The molecule has 0 fully saturated rings. The second-order valence-electron chi connectivity index (χ2n) is 10.1. The molecule has 0 N–H and O–H groups in total. The van der Waals surface area contributed by atoms with Crippen molar-refractivity contribution in [2.24, 2.45) is 5.41 Å². The van der Waals surface area contributed by atoms with E-state index in [4.69, 9.17) is 19.6 Å². The van der Waals surface area contributed by atoms with Gasteiger partial charge in [0, 0.05) is 5.41 Å². The molecule has 0 unspecified atom stereocenters. The molecule has 0 amide bonds. The van der Waals surface area contributed by atoms with E-state index in [0.29, 0.717) is 11.1 Å². The van der Waals surface area contributed by atoms with Crippen LogP contribution >= 0.6 is 0 Å². The topological polar surface area (TPSA) is 71.1 Å². The van der Waals surface area contributed by atoms with Gasteiger partial charge in [-0.3, -0.25) is 9.78 Å². The molecule has 2 aromatic rings. The Kier molecular flexibility index (Phi) is 13.4. The van der Waals surface area contributed by atoms with Gasteiger partial charge >= 0.3 is 18.2 Å². The third-order valence-electron chi connectivity index (χ3n) is 5.96. The van der Waals surface area contributed by atoms with Crippen LogP contribution in [0.4, 0.5) is 0 Å². The summed E-state index contributed by atoms with van der Waals surface area (Å²) in [5.41, 5.74) is 2.04. The Morgan fingerprint density at radius 2 is 1.00 bits per heavy atom. The Hall–Kier alpha value is -2.70. The number of carbonyl (C=O) groups is 2. The summed E-state index contributed by atoms with van der Waals surface area (Å²) in [6.07, 6.45) is 11.2. The van der Waals surface area contributed by atoms with Gasteiger partial charge in [0.25, 0.3) is 0 Å². The molecule has 0 aromatic heterocycles. The molecule has 0 spiro atoms. The smallest absolute Gasteiger partial charge is 0.289 e. The van der Waals surface area contributed by atoms with Gasteiger partial charge in [-0.15, -0.1) is 9.78 Å². The summed E-state index contributed by atoms with van der Waals surface area (Å²) in [6, 6.07) is 14.4. The molecule has 2 radical (unpaired) electrons. The molecule has 6 nitrogen and oxygen atoms in total. The van der Waals surface area contributed by atoms with E-state index in [1.54, 1.807) is 38.1 Å². The first kappa shape index (κ1) is 30.5. The lowest BCUT2D eigenvalue weighted by atomic mass is 9.96. The van der Waals surface area contributed by atoms with Crippen molar-refractivity contribution in [3.05, 3.63) is 84.0 Å². The monoisotopic (exact) mass is 510 g/mol. The number of unbranched alkanes of at least 4 members (excludes halogenated alkanes) is 6. The van der Waals surface area contributed by atoms with Crippen LogP contribution in [0.1, 0.15) is 111 Å². The lowest BCUT2D eigenvalue weighted by Gasteiger charge is -2.24. The minimum Gasteiger partial charge on any atom is -0.289 e. The summed E-state index contributed by atoms with van der Waals surface area (Å²) in [4.78, 5) is 45.0. The largest absolute Gasteiger partial charge is 0.373 e. The van der Waals surface area contributed by atoms with Crippen molar-refractivity contribution in [2.45, 2.75) is 91.9 Å². The first-order valence-corrected chi connectivity index (χ1v) is 13.4. The molecular formula is C31H42O6. The van der Waals surface area contributed by atoms with Crippen molar-refractivity contribution in [3.8, 4) is 0 Å². The SMILES string of the molecule is [CH2]C(C)(C)[C](OOC(=O)c1ccc(CCCCCC)cc1)OOC(=O)c1ccc(CCCCCC)cc1. The van der Waals surface area contributed by atoms with E-state index in [-0.39, 0.29) is 6.29 Å². The molecule has 2 aromatic carbocycles. The lowest BCUT2D eigenvalue weighted by Crippen LogP contribution is -2.27. The van der Waals surface area contributed by atoms with Crippen LogP contribution in [0.15, 0.2) is 48.5 Å². The molecule has 37 heavy (non-hydrogen) atoms. The summed E-state index contributed by atoms with van der Waals surface area (Å²) in [5.74, 6) is -1.38. The van der Waals surface area contributed by atoms with Crippen LogP contribution in [0.5, 0.6) is 0 Å². The van der Waals surface area contributed by atoms with Crippen LogP contribution in [0.25, 0.3) is 0 Å². The zero-order valence-corrected chi connectivity index (χ0v) is 22.8. The van der Waals surface area contributed by atoms with E-state index in [1.807, 2.05) is 24.3 Å². The second-order valence-corrected chi connectivity index (χ2v) is 10.1. The first-order chi connectivity index (χ1) is 17.7. The maximum Gasteiger partial charge on any atom is 0.373 e. The molecule has 0 aliphatic carbocycles. The fourth-order valence-electron chi connectivity index (χ4n) is 3.61. The Balaban J connectivity index is 1.84. The van der Waals surface area contributed by atoms with Gasteiger partial charge in [0.1, 0.15) is 0 Å². The molecule has 0 aliphatic heterocycles. The standard InChI is InChI=1S/C31H42O6/c1-6-8-10-12-14-24-16-20-26(21-17-24)28(32)34-36-30(31(3,4)5)37-35-29(33)27-22-18-25(19-23-27)15-13-11-9-7-2/h16-23H,3,6-15H2,1-2,4-5H3. The highest BCUT2D eigenvalue weighted by molar-refractivity contribution is 5.89. The number of hydrogen-bond acceptors (Lipinski definition) is 6. The highest BCUT2D eigenvalue weighted by Crippen LogP contribution is 2.31. The molecule has 2 rings (SSSR count). The quantitative estimate of drug-likeness (QED) is 0.121. The Bertz CT molecular complexity index is 856. The summed E-state index contributed by atoms with van der Waals surface area (Å²) < 4.78 is 0. The van der Waals surface area contributed by atoms with Crippen molar-refractivity contribution in [1.29, 1.82) is 0 Å². The fourth-order valence-corrected chi connectivity index (χ4v) is 3.61. The zero-order chi connectivity index (χ0) is 27.1. The highest BCUT2D eigenvalue weighted by Gasteiger charge is 2.34. The minimum absolute atomic E-state index is 0.255. The zero-order valence-electron chi connectivity index (χ0n) is 22.8. The van der Waals surface area contributed by atoms with E-state index < -0.39 is 17.4 Å². The molecule has 0 bridgehead atoms. The highest BCUT2D eigenvalue weighted by atomic mass is 17.3. The summed E-state index contributed by atoms with van der Waals surface area (Å²) in [6.45, 7) is 11.6. The second kappa shape index (κ2) is 16.2. The van der Waals surface area contributed by atoms with Crippen LogP contribution in [0.3, 0.4) is 0 Å². The van der Waals surface area contributed by atoms with Gasteiger partial charge in [-0.25, -0.2) is 9.59 Å². The average Bonchev–Trinajstić information content (AvgIpc) is 2.88. The van der Waals surface area contributed by atoms with Crippen LogP contribution in [0, 0.1) is 18.6 Å². The first-order valence-electron chi connectivity index (χ1n) is 13.4. The Labute approximate surface area is 222 Å². The van der Waals surface area contributed by atoms with Gasteiger partial charge in [-0.05, 0) is 68.0 Å². The maximum absolute atomic E-state index is 12.4. The van der Waals surface area contributed by atoms with Crippen LogP contribution in [-0.4, -0.2) is 11.9 Å². The minimum atomic E-state index is -0.967. The van der Waals surface area contributed by atoms with Gasteiger partial charge in [0.15, 0.2) is 0 Å². The number of carbonyl (C=O) groups excluding carboxylic acids is 2. The van der Waals surface area contributed by atoms with Gasteiger partial charge < -0.3 is 0 Å². The average molecular weight is 511 g/mol. The number of hydrogen-bond donors (Lipinski definition) is 0. The molecule has 0 aliphatic rings. The van der Waals surface area contributed by atoms with E-state index in [1.165, 1.54) is 49.7 Å². The van der Waals surface area contributed by atoms with E-state index in [0.717, 1.165) is 25.7 Å². The predicted octanol–water partition coefficient (Wildman–Crippen LogP) is 8.16. The number of benzene rings is 2. The van der Waals surface area contributed by atoms with E-state index >= 15 is 0 Å². The van der Waals surface area contributed by atoms with Gasteiger partial charge in [0.2, 0.25) is 0 Å². The van der Waals surface area contributed by atoms with E-state index in [2.05, 4.69) is 20.8 Å². The van der Waals surface area contributed by atoms with Crippen molar-refractivity contribution < 1.29 is 29.1 Å². The van der Waals surface area contributed by atoms with E-state index in [9.17, 15) is 9.59 Å². The molecule has 0 saturated heterocycles. The van der Waals surface area contributed by atoms with Gasteiger partial charge in [-0.1, -0.05) is 90.5 Å².